The van der Waals surface area contributed by atoms with Gasteiger partial charge in [0.15, 0.2) is 0 Å². The molecule has 4 heteroatoms. The van der Waals surface area contributed by atoms with Gasteiger partial charge >= 0.3 is 0 Å². The fourth-order valence-electron chi connectivity index (χ4n) is 2.58. The molecular weight excluding hydrogens is 252 g/mol. The van der Waals surface area contributed by atoms with E-state index < -0.39 is 0 Å². The number of anilines is 1. The van der Waals surface area contributed by atoms with Crippen LogP contribution in [0.4, 0.5) is 5.69 Å². The van der Waals surface area contributed by atoms with Crippen molar-refractivity contribution in [3.05, 3.63) is 29.8 Å². The third-order valence-corrected chi connectivity index (χ3v) is 3.85. The number of aryl methyl sites for hydroxylation is 1. The summed E-state index contributed by atoms with van der Waals surface area (Å²) in [5.41, 5.74) is 2.13. The zero-order valence-electron chi connectivity index (χ0n) is 12.4. The average molecular weight is 276 g/mol. The van der Waals surface area contributed by atoms with E-state index >= 15 is 0 Å². The maximum atomic E-state index is 12.0. The molecule has 0 bridgehead atoms. The predicted octanol–water partition coefficient (Wildman–Crippen LogP) is 2.30. The molecule has 0 radical (unpaired) electrons. The average Bonchev–Trinajstić information content (AvgIpc) is 2.48. The fraction of sp³-hybridized carbons (Fsp3) is 0.562. The first-order chi connectivity index (χ1) is 9.71. The molecule has 1 aliphatic rings. The van der Waals surface area contributed by atoms with E-state index in [-0.39, 0.29) is 5.91 Å². The van der Waals surface area contributed by atoms with Crippen molar-refractivity contribution in [2.24, 2.45) is 0 Å². The Labute approximate surface area is 121 Å². The number of carbonyl (C=O) groups is 1. The maximum absolute atomic E-state index is 12.0. The number of piperidine rings is 1. The van der Waals surface area contributed by atoms with Gasteiger partial charge in [0.25, 0.3) is 0 Å². The van der Waals surface area contributed by atoms with E-state index in [0.717, 1.165) is 38.0 Å². The number of likely N-dealkylation sites (tertiary alicyclic amines) is 1. The van der Waals surface area contributed by atoms with Crippen LogP contribution in [-0.4, -0.2) is 43.7 Å². The second kappa shape index (κ2) is 7.41. The van der Waals surface area contributed by atoms with Crippen molar-refractivity contribution in [3.63, 3.8) is 0 Å². The minimum absolute atomic E-state index is 0.0640. The number of methoxy groups -OCH3 is 1. The Hall–Kier alpha value is -1.39. The maximum Gasteiger partial charge on any atom is 0.238 e. The van der Waals surface area contributed by atoms with Gasteiger partial charge in [-0.2, -0.15) is 0 Å². The molecule has 0 atom stereocenters. The summed E-state index contributed by atoms with van der Waals surface area (Å²) in [5, 5.41) is 2.98. The molecule has 2 rings (SSSR count). The van der Waals surface area contributed by atoms with Crippen LogP contribution in [-0.2, 0) is 16.0 Å². The molecular formula is C16H24N2O2. The lowest BCUT2D eigenvalue weighted by molar-refractivity contribution is -0.117. The Morgan fingerprint density at radius 3 is 2.80 bits per heavy atom. The van der Waals surface area contributed by atoms with E-state index in [1.807, 2.05) is 18.2 Å². The molecule has 0 spiro atoms. The monoisotopic (exact) mass is 276 g/mol. The van der Waals surface area contributed by atoms with Crippen LogP contribution in [0.2, 0.25) is 0 Å². The Morgan fingerprint density at radius 2 is 2.15 bits per heavy atom. The van der Waals surface area contributed by atoms with Crippen molar-refractivity contribution in [1.82, 2.24) is 4.90 Å². The molecule has 4 nitrogen and oxygen atoms in total. The standard InChI is InChI=1S/C16H24N2O2/c1-3-13-5-4-6-14(11-13)17-16(19)12-18-9-7-15(20-2)8-10-18/h4-6,11,15H,3,7-10,12H2,1-2H3,(H,17,19). The number of nitrogens with one attached hydrogen (secondary N) is 1. The Bertz CT molecular complexity index is 440. The van der Waals surface area contributed by atoms with E-state index in [4.69, 9.17) is 4.74 Å². The third-order valence-electron chi connectivity index (χ3n) is 3.85. The second-order valence-electron chi connectivity index (χ2n) is 5.31. The number of hydrogen-bond donors (Lipinski definition) is 1. The van der Waals surface area contributed by atoms with E-state index in [2.05, 4.69) is 23.2 Å². The van der Waals surface area contributed by atoms with Crippen LogP contribution in [0.1, 0.15) is 25.3 Å². The van der Waals surface area contributed by atoms with Gasteiger partial charge in [-0.25, -0.2) is 0 Å². The minimum atomic E-state index is 0.0640. The lowest BCUT2D eigenvalue weighted by atomic mass is 10.1. The van der Waals surface area contributed by atoms with Crippen LogP contribution in [0, 0.1) is 0 Å². The summed E-state index contributed by atoms with van der Waals surface area (Å²) in [6, 6.07) is 8.03. The van der Waals surface area contributed by atoms with Crippen LogP contribution in [0.25, 0.3) is 0 Å². The number of amides is 1. The smallest absolute Gasteiger partial charge is 0.238 e. The van der Waals surface area contributed by atoms with Crippen molar-refractivity contribution in [1.29, 1.82) is 0 Å². The van der Waals surface area contributed by atoms with Crippen molar-refractivity contribution in [2.75, 3.05) is 32.1 Å². The van der Waals surface area contributed by atoms with Gasteiger partial charge in [0.05, 0.1) is 12.6 Å². The van der Waals surface area contributed by atoms with Crippen molar-refractivity contribution in [2.45, 2.75) is 32.3 Å². The summed E-state index contributed by atoms with van der Waals surface area (Å²) in [5.74, 6) is 0.0640. The van der Waals surface area contributed by atoms with Crippen LogP contribution >= 0.6 is 0 Å². The van der Waals surface area contributed by atoms with Crippen molar-refractivity contribution in [3.8, 4) is 0 Å². The number of nitrogens with zero attached hydrogens (tertiary/aromatic N) is 1. The normalized spacial score (nSPS) is 17.1. The van der Waals surface area contributed by atoms with Gasteiger partial charge in [-0.1, -0.05) is 19.1 Å². The molecule has 20 heavy (non-hydrogen) atoms. The van der Waals surface area contributed by atoms with Gasteiger partial charge in [-0.15, -0.1) is 0 Å². The van der Waals surface area contributed by atoms with Gasteiger partial charge < -0.3 is 10.1 Å². The van der Waals surface area contributed by atoms with Gasteiger partial charge in [0.1, 0.15) is 0 Å². The lowest BCUT2D eigenvalue weighted by Gasteiger charge is -2.30. The van der Waals surface area contributed by atoms with Crippen molar-refractivity contribution < 1.29 is 9.53 Å². The highest BCUT2D eigenvalue weighted by Gasteiger charge is 2.20. The summed E-state index contributed by atoms with van der Waals surface area (Å²) in [6.45, 7) is 4.44. The molecule has 1 amide bonds. The molecule has 0 unspecified atom stereocenters. The van der Waals surface area contributed by atoms with Crippen molar-refractivity contribution >= 4 is 11.6 Å². The van der Waals surface area contributed by atoms with Crippen LogP contribution < -0.4 is 5.32 Å². The topological polar surface area (TPSA) is 41.6 Å². The van der Waals surface area contributed by atoms with E-state index in [1.54, 1.807) is 7.11 Å². The van der Waals surface area contributed by atoms with Gasteiger partial charge in [0, 0.05) is 25.9 Å². The fourth-order valence-corrected chi connectivity index (χ4v) is 2.58. The quantitative estimate of drug-likeness (QED) is 0.897. The zero-order valence-corrected chi connectivity index (χ0v) is 12.4. The molecule has 1 aromatic rings. The summed E-state index contributed by atoms with van der Waals surface area (Å²) in [4.78, 5) is 14.2. The lowest BCUT2D eigenvalue weighted by Crippen LogP contribution is -2.41. The number of carbonyl (C=O) groups excluding carboxylic acids is 1. The van der Waals surface area contributed by atoms with Crippen LogP contribution in [0.15, 0.2) is 24.3 Å². The molecule has 110 valence electrons. The highest BCUT2D eigenvalue weighted by Crippen LogP contribution is 2.14. The van der Waals surface area contributed by atoms with Gasteiger partial charge in [0.2, 0.25) is 5.91 Å². The largest absolute Gasteiger partial charge is 0.381 e. The Kier molecular flexibility index (Phi) is 5.56. The highest BCUT2D eigenvalue weighted by molar-refractivity contribution is 5.92. The Balaban J connectivity index is 1.80. The summed E-state index contributed by atoms with van der Waals surface area (Å²) in [7, 11) is 1.76. The van der Waals surface area contributed by atoms with E-state index in [9.17, 15) is 4.79 Å². The third kappa shape index (κ3) is 4.32. The molecule has 0 aromatic heterocycles. The van der Waals surface area contributed by atoms with E-state index in [0.29, 0.717) is 12.6 Å². The Morgan fingerprint density at radius 1 is 1.40 bits per heavy atom. The van der Waals surface area contributed by atoms with Gasteiger partial charge in [-0.05, 0) is 37.0 Å². The summed E-state index contributed by atoms with van der Waals surface area (Å²) < 4.78 is 5.34. The van der Waals surface area contributed by atoms with Gasteiger partial charge in [-0.3, -0.25) is 9.69 Å². The number of ether oxygens (including phenoxy) is 1. The van der Waals surface area contributed by atoms with Crippen LogP contribution in [0.3, 0.4) is 0 Å². The predicted molar refractivity (Wildman–Crippen MR) is 80.9 cm³/mol. The molecule has 1 fully saturated rings. The molecule has 1 heterocycles. The molecule has 1 aliphatic heterocycles. The molecule has 1 aromatic carbocycles. The summed E-state index contributed by atoms with van der Waals surface area (Å²) in [6.07, 6.45) is 3.36. The highest BCUT2D eigenvalue weighted by atomic mass is 16.5. The SMILES string of the molecule is CCc1cccc(NC(=O)CN2CCC(OC)CC2)c1. The molecule has 1 N–H and O–H groups in total. The number of rotatable bonds is 5. The molecule has 0 saturated carbocycles. The summed E-state index contributed by atoms with van der Waals surface area (Å²) >= 11 is 0. The number of benzene rings is 1. The minimum Gasteiger partial charge on any atom is -0.381 e. The molecule has 0 aliphatic carbocycles. The molecule has 1 saturated heterocycles. The first kappa shape index (κ1) is 15.0. The van der Waals surface area contributed by atoms with Crippen LogP contribution in [0.5, 0.6) is 0 Å². The first-order valence-corrected chi connectivity index (χ1v) is 7.35. The zero-order chi connectivity index (χ0) is 14.4. The van der Waals surface area contributed by atoms with E-state index in [1.165, 1.54) is 5.56 Å². The second-order valence-corrected chi connectivity index (χ2v) is 5.31. The number of hydrogen-bond acceptors (Lipinski definition) is 3. The first-order valence-electron chi connectivity index (χ1n) is 7.35.